The minimum absolute atomic E-state index is 0.0496. The molecular weight excluding hydrogens is 333 g/mol. The Hall–Kier alpha value is -3.02. The number of benzene rings is 2. The number of nitrogens with zero attached hydrogens (tertiary/aromatic N) is 3. The number of hydrogen-bond acceptors (Lipinski definition) is 3. The summed E-state index contributed by atoms with van der Waals surface area (Å²) in [5.41, 5.74) is 1.45. The maximum Gasteiger partial charge on any atom is 0.224 e. The molecule has 0 fully saturated rings. The van der Waals surface area contributed by atoms with Crippen LogP contribution >= 0.6 is 0 Å². The molecule has 2 aromatic carbocycles. The molecule has 0 saturated carbocycles. The van der Waals surface area contributed by atoms with E-state index >= 15 is 0 Å². The van der Waals surface area contributed by atoms with Crippen molar-refractivity contribution in [2.24, 2.45) is 0 Å². The van der Waals surface area contributed by atoms with Gasteiger partial charge in [0.2, 0.25) is 11.3 Å². The van der Waals surface area contributed by atoms with Crippen molar-refractivity contribution in [2.45, 2.75) is 25.9 Å². The van der Waals surface area contributed by atoms with E-state index in [1.54, 1.807) is 40.9 Å². The topological polar surface area (TPSA) is 55.2 Å². The number of carbonyl (C=O) groups excluding carboxylic acids is 1. The molecule has 0 saturated heterocycles. The number of rotatable bonds is 5. The highest BCUT2D eigenvalue weighted by Gasteiger charge is 2.17. The lowest BCUT2D eigenvalue weighted by Gasteiger charge is -2.25. The van der Waals surface area contributed by atoms with Crippen molar-refractivity contribution in [3.05, 3.63) is 76.3 Å². The van der Waals surface area contributed by atoms with Crippen molar-refractivity contribution in [1.29, 1.82) is 0 Å². The molecule has 3 aromatic rings. The monoisotopic (exact) mass is 353 g/mol. The van der Waals surface area contributed by atoms with Crippen LogP contribution in [-0.2, 0) is 11.3 Å². The minimum atomic E-state index is -0.300. The molecule has 0 spiro atoms. The van der Waals surface area contributed by atoms with Gasteiger partial charge in [-0.15, -0.1) is 0 Å². The summed E-state index contributed by atoms with van der Waals surface area (Å²) in [6.45, 7) is 2.28. The lowest BCUT2D eigenvalue weighted by molar-refractivity contribution is -0.132. The second kappa shape index (κ2) is 7.47. The average Bonchev–Trinajstić information content (AvgIpc) is 2.67. The van der Waals surface area contributed by atoms with Crippen molar-refractivity contribution in [3.8, 4) is 0 Å². The van der Waals surface area contributed by atoms with Gasteiger partial charge in [-0.2, -0.15) is 5.10 Å². The van der Waals surface area contributed by atoms with E-state index in [9.17, 15) is 14.0 Å². The van der Waals surface area contributed by atoms with Crippen molar-refractivity contribution < 1.29 is 9.18 Å². The highest BCUT2D eigenvalue weighted by atomic mass is 19.1. The molecule has 1 atom stereocenters. The van der Waals surface area contributed by atoms with Gasteiger partial charge in [-0.25, -0.2) is 4.39 Å². The largest absolute Gasteiger partial charge is 0.339 e. The molecule has 1 amide bonds. The van der Waals surface area contributed by atoms with Crippen molar-refractivity contribution in [1.82, 2.24) is 14.7 Å². The second-order valence-electron chi connectivity index (χ2n) is 6.23. The van der Waals surface area contributed by atoms with Crippen LogP contribution in [0.15, 0.2) is 59.5 Å². The van der Waals surface area contributed by atoms with Gasteiger partial charge in [0, 0.05) is 18.9 Å². The van der Waals surface area contributed by atoms with Crippen LogP contribution in [0, 0.1) is 5.82 Å². The average molecular weight is 353 g/mol. The molecule has 3 rings (SSSR count). The third-order valence-electron chi connectivity index (χ3n) is 4.63. The second-order valence-corrected chi connectivity index (χ2v) is 6.23. The van der Waals surface area contributed by atoms with Crippen LogP contribution in [0.1, 0.15) is 24.9 Å². The fourth-order valence-corrected chi connectivity index (χ4v) is 2.90. The molecule has 1 heterocycles. The van der Waals surface area contributed by atoms with Gasteiger partial charge in [0.25, 0.3) is 0 Å². The van der Waals surface area contributed by atoms with E-state index in [-0.39, 0.29) is 29.6 Å². The summed E-state index contributed by atoms with van der Waals surface area (Å²) < 4.78 is 14.7. The fourth-order valence-electron chi connectivity index (χ4n) is 2.90. The van der Waals surface area contributed by atoms with Crippen LogP contribution < -0.4 is 5.43 Å². The van der Waals surface area contributed by atoms with Crippen molar-refractivity contribution in [2.75, 3.05) is 7.05 Å². The number of halogens is 1. The maximum absolute atomic E-state index is 13.1. The molecular formula is C20H20FN3O2. The van der Waals surface area contributed by atoms with E-state index in [4.69, 9.17) is 0 Å². The van der Waals surface area contributed by atoms with Crippen LogP contribution in [0.5, 0.6) is 0 Å². The predicted octanol–water partition coefficient (Wildman–Crippen LogP) is 3.15. The maximum atomic E-state index is 13.1. The van der Waals surface area contributed by atoms with Gasteiger partial charge in [0.1, 0.15) is 5.82 Å². The molecule has 0 aliphatic carbocycles. The predicted molar refractivity (Wildman–Crippen MR) is 98.2 cm³/mol. The highest BCUT2D eigenvalue weighted by Crippen LogP contribution is 2.20. The number of aryl methyl sites for hydroxylation is 1. The molecule has 26 heavy (non-hydrogen) atoms. The number of carbonyl (C=O) groups is 1. The normalized spacial score (nSPS) is 12.1. The van der Waals surface area contributed by atoms with Crippen molar-refractivity contribution in [3.63, 3.8) is 0 Å². The number of amides is 1. The summed E-state index contributed by atoms with van der Waals surface area (Å²) >= 11 is 0. The van der Waals surface area contributed by atoms with Crippen LogP contribution in [-0.4, -0.2) is 27.6 Å². The zero-order valence-electron chi connectivity index (χ0n) is 14.7. The zero-order chi connectivity index (χ0) is 18.7. The Morgan fingerprint density at radius 1 is 1.19 bits per heavy atom. The lowest BCUT2D eigenvalue weighted by Crippen LogP contribution is -2.30. The van der Waals surface area contributed by atoms with Gasteiger partial charge in [0.15, 0.2) is 0 Å². The molecule has 0 radical (unpaired) electrons. The molecule has 0 aliphatic rings. The molecule has 0 aliphatic heterocycles. The van der Waals surface area contributed by atoms with Crippen LogP contribution in [0.2, 0.25) is 0 Å². The van der Waals surface area contributed by atoms with Gasteiger partial charge >= 0.3 is 0 Å². The van der Waals surface area contributed by atoms with E-state index in [1.165, 1.54) is 18.3 Å². The van der Waals surface area contributed by atoms with Crippen LogP contribution in [0.4, 0.5) is 4.39 Å². The van der Waals surface area contributed by atoms with E-state index in [1.807, 2.05) is 19.1 Å². The Balaban J connectivity index is 1.71. The summed E-state index contributed by atoms with van der Waals surface area (Å²) in [5.74, 6) is -0.350. The molecule has 0 N–H and O–H groups in total. The van der Waals surface area contributed by atoms with Gasteiger partial charge in [-0.05, 0) is 36.8 Å². The van der Waals surface area contributed by atoms with E-state index in [0.717, 1.165) is 5.56 Å². The number of hydrogen-bond donors (Lipinski definition) is 0. The Labute approximate surface area is 150 Å². The summed E-state index contributed by atoms with van der Waals surface area (Å²) in [4.78, 5) is 26.1. The van der Waals surface area contributed by atoms with Crippen LogP contribution in [0.3, 0.4) is 0 Å². The third kappa shape index (κ3) is 3.64. The molecule has 134 valence electrons. The minimum Gasteiger partial charge on any atom is -0.339 e. The van der Waals surface area contributed by atoms with E-state index in [0.29, 0.717) is 17.4 Å². The standard InChI is InChI=1S/C20H20FN3O2/c1-14(15-7-9-16(21)10-8-15)23(2)20(26)11-12-24-18-6-4-3-5-17(18)19(25)13-22-24/h3-10,13-14H,11-12H2,1-2H3. The zero-order valence-corrected chi connectivity index (χ0v) is 14.7. The molecule has 5 nitrogen and oxygen atoms in total. The molecule has 1 unspecified atom stereocenters. The lowest BCUT2D eigenvalue weighted by atomic mass is 10.1. The Morgan fingerprint density at radius 2 is 1.88 bits per heavy atom. The summed E-state index contributed by atoms with van der Waals surface area (Å²) in [7, 11) is 1.73. The van der Waals surface area contributed by atoms with E-state index in [2.05, 4.69) is 5.10 Å². The first-order valence-electron chi connectivity index (χ1n) is 8.43. The van der Waals surface area contributed by atoms with Crippen LogP contribution in [0.25, 0.3) is 10.9 Å². The third-order valence-corrected chi connectivity index (χ3v) is 4.63. The Morgan fingerprint density at radius 3 is 2.62 bits per heavy atom. The molecule has 1 aromatic heterocycles. The van der Waals surface area contributed by atoms with E-state index < -0.39 is 0 Å². The number of aromatic nitrogens is 2. The summed E-state index contributed by atoms with van der Waals surface area (Å²) in [6, 6.07) is 13.2. The summed E-state index contributed by atoms with van der Waals surface area (Å²) in [6.07, 6.45) is 1.53. The molecule has 6 heteroatoms. The van der Waals surface area contributed by atoms with Gasteiger partial charge in [-0.1, -0.05) is 24.3 Å². The first kappa shape index (κ1) is 17.8. The van der Waals surface area contributed by atoms with Gasteiger partial charge in [-0.3, -0.25) is 14.3 Å². The molecule has 0 bridgehead atoms. The SMILES string of the molecule is CC(c1ccc(F)cc1)N(C)C(=O)CCn1ncc(=O)c2ccccc21. The highest BCUT2D eigenvalue weighted by molar-refractivity contribution is 5.79. The Kier molecular flexibility index (Phi) is 5.11. The van der Waals surface area contributed by atoms with Gasteiger partial charge < -0.3 is 4.90 Å². The fraction of sp³-hybridized carbons (Fsp3) is 0.250. The quantitative estimate of drug-likeness (QED) is 0.708. The van der Waals surface area contributed by atoms with Crippen molar-refractivity contribution >= 4 is 16.8 Å². The Bertz CT molecular complexity index is 982. The first-order valence-corrected chi connectivity index (χ1v) is 8.43. The van der Waals surface area contributed by atoms with Gasteiger partial charge in [0.05, 0.1) is 24.3 Å². The number of fused-ring (bicyclic) bond motifs is 1. The first-order chi connectivity index (χ1) is 12.5. The summed E-state index contributed by atoms with van der Waals surface area (Å²) in [5, 5.41) is 4.73. The number of para-hydroxylation sites is 1. The smallest absolute Gasteiger partial charge is 0.224 e.